The molecule has 0 radical (unpaired) electrons. The summed E-state index contributed by atoms with van der Waals surface area (Å²) in [6.07, 6.45) is 3.84. The minimum atomic E-state index is -0.350. The molecule has 0 saturated heterocycles. The molecule has 5 rings (SSSR count). The van der Waals surface area contributed by atoms with Crippen molar-refractivity contribution in [2.24, 2.45) is 0 Å². The first-order valence-corrected chi connectivity index (χ1v) is 12.0. The Morgan fingerprint density at radius 1 is 1.15 bits per heavy atom. The Morgan fingerprint density at radius 2 is 2.06 bits per heavy atom. The van der Waals surface area contributed by atoms with Crippen molar-refractivity contribution in [3.8, 4) is 0 Å². The van der Waals surface area contributed by atoms with Gasteiger partial charge in [-0.1, -0.05) is 24.3 Å². The first-order chi connectivity index (χ1) is 16.6. The average molecular weight is 477 g/mol. The Labute approximate surface area is 200 Å². The second-order valence-electron chi connectivity index (χ2n) is 8.27. The molecule has 0 fully saturated rings. The summed E-state index contributed by atoms with van der Waals surface area (Å²) in [7, 11) is 0. The number of fused-ring (bicyclic) bond motifs is 2. The van der Waals surface area contributed by atoms with Gasteiger partial charge in [0.2, 0.25) is 0 Å². The number of benzene rings is 1. The van der Waals surface area contributed by atoms with Crippen LogP contribution >= 0.6 is 11.3 Å². The first-order valence-electron chi connectivity index (χ1n) is 11.2. The van der Waals surface area contributed by atoms with Gasteiger partial charge in [0.1, 0.15) is 28.3 Å². The Bertz CT molecular complexity index is 1430. The predicted octanol–water partition coefficient (Wildman–Crippen LogP) is 4.35. The van der Waals surface area contributed by atoms with Crippen molar-refractivity contribution in [3.05, 3.63) is 70.8 Å². The number of hydrogen-bond donors (Lipinski definition) is 3. The van der Waals surface area contributed by atoms with Crippen molar-refractivity contribution >= 4 is 38.5 Å². The van der Waals surface area contributed by atoms with E-state index in [1.54, 1.807) is 23.6 Å². The molecule has 5 aromatic rings. The number of rotatable bonds is 9. The zero-order chi connectivity index (χ0) is 23.5. The monoisotopic (exact) mass is 476 g/mol. The molecule has 1 atom stereocenters. The van der Waals surface area contributed by atoms with Crippen LogP contribution in [0.1, 0.15) is 34.9 Å². The SMILES string of the molecule is Cc1ccc2nc([C@H](C)CNCCc3nc4c(NCc5ncccc5F)ncnc4s3)[nH]c2c1. The molecule has 0 aliphatic rings. The zero-order valence-corrected chi connectivity index (χ0v) is 19.8. The van der Waals surface area contributed by atoms with Crippen molar-refractivity contribution in [3.63, 3.8) is 0 Å². The summed E-state index contributed by atoms with van der Waals surface area (Å²) < 4.78 is 13.9. The van der Waals surface area contributed by atoms with Gasteiger partial charge in [0.25, 0.3) is 0 Å². The highest BCUT2D eigenvalue weighted by Gasteiger charge is 2.13. The van der Waals surface area contributed by atoms with Crippen LogP contribution in [0.2, 0.25) is 0 Å². The van der Waals surface area contributed by atoms with E-state index in [0.29, 0.717) is 17.0 Å². The standard InChI is InChI=1S/C24H25FN8S/c1-14-5-6-17-18(10-14)32-22(31-17)15(2)11-26-9-7-20-33-21-23(29-13-30-24(21)34-20)28-12-19-16(25)4-3-8-27-19/h3-6,8,10,13,15,26H,7,9,11-12H2,1-2H3,(H,31,32)(H,28,29,30)/t15-/m1/s1. The molecule has 174 valence electrons. The summed E-state index contributed by atoms with van der Waals surface area (Å²) in [6, 6.07) is 9.22. The third-order valence-corrected chi connectivity index (χ3v) is 6.61. The topological polar surface area (TPSA) is 104 Å². The predicted molar refractivity (Wildman–Crippen MR) is 133 cm³/mol. The van der Waals surface area contributed by atoms with Crippen LogP contribution in [0, 0.1) is 12.7 Å². The number of H-pyrrole nitrogens is 1. The zero-order valence-electron chi connectivity index (χ0n) is 19.0. The van der Waals surface area contributed by atoms with Gasteiger partial charge in [-0.2, -0.15) is 0 Å². The number of nitrogens with one attached hydrogen (secondary N) is 3. The van der Waals surface area contributed by atoms with Crippen molar-refractivity contribution < 1.29 is 4.39 Å². The third-order valence-electron chi connectivity index (χ3n) is 5.59. The van der Waals surface area contributed by atoms with Crippen LogP contribution in [0.15, 0.2) is 42.9 Å². The summed E-state index contributed by atoms with van der Waals surface area (Å²) in [6.45, 7) is 6.07. The van der Waals surface area contributed by atoms with Crippen LogP contribution in [0.3, 0.4) is 0 Å². The van der Waals surface area contributed by atoms with E-state index in [-0.39, 0.29) is 18.3 Å². The summed E-state index contributed by atoms with van der Waals surface area (Å²) in [5, 5.41) is 7.62. The third kappa shape index (κ3) is 4.87. The molecule has 0 amide bonds. The smallest absolute Gasteiger partial charge is 0.157 e. The molecule has 0 aliphatic carbocycles. The number of halogens is 1. The number of aryl methyl sites for hydroxylation is 1. The molecular weight excluding hydrogens is 451 g/mol. The molecular formula is C24H25FN8S. The van der Waals surface area contributed by atoms with Crippen LogP contribution in [0.25, 0.3) is 21.4 Å². The molecule has 0 aliphatic heterocycles. The van der Waals surface area contributed by atoms with Gasteiger partial charge in [0.05, 0.1) is 28.3 Å². The second-order valence-corrected chi connectivity index (χ2v) is 9.33. The number of anilines is 1. The van der Waals surface area contributed by atoms with Gasteiger partial charge in [0, 0.05) is 31.6 Å². The molecule has 10 heteroatoms. The van der Waals surface area contributed by atoms with Gasteiger partial charge in [-0.15, -0.1) is 0 Å². The Morgan fingerprint density at radius 3 is 2.94 bits per heavy atom. The average Bonchev–Trinajstić information content (AvgIpc) is 3.45. The van der Waals surface area contributed by atoms with Crippen LogP contribution in [0.5, 0.6) is 0 Å². The summed E-state index contributed by atoms with van der Waals surface area (Å²) in [4.78, 5) is 26.4. The number of imidazole rings is 1. The van der Waals surface area contributed by atoms with Crippen LogP contribution in [0.4, 0.5) is 10.2 Å². The minimum absolute atomic E-state index is 0.229. The number of hydrogen-bond acceptors (Lipinski definition) is 8. The van der Waals surface area contributed by atoms with Crippen molar-refractivity contribution in [1.82, 2.24) is 35.2 Å². The van der Waals surface area contributed by atoms with Crippen molar-refractivity contribution in [1.29, 1.82) is 0 Å². The Kier molecular flexibility index (Phi) is 6.41. The Balaban J connectivity index is 1.17. The van der Waals surface area contributed by atoms with E-state index in [1.807, 2.05) is 0 Å². The van der Waals surface area contributed by atoms with E-state index in [1.165, 1.54) is 18.0 Å². The van der Waals surface area contributed by atoms with Gasteiger partial charge >= 0.3 is 0 Å². The maximum Gasteiger partial charge on any atom is 0.157 e. The van der Waals surface area contributed by atoms with E-state index in [9.17, 15) is 4.39 Å². The molecule has 34 heavy (non-hydrogen) atoms. The number of aromatic amines is 1. The van der Waals surface area contributed by atoms with Gasteiger partial charge in [-0.25, -0.2) is 24.3 Å². The largest absolute Gasteiger partial charge is 0.362 e. The van der Waals surface area contributed by atoms with E-state index in [4.69, 9.17) is 9.97 Å². The fourth-order valence-corrected chi connectivity index (χ4v) is 4.64. The maximum atomic E-state index is 13.9. The first kappa shape index (κ1) is 22.3. The molecule has 4 aromatic heterocycles. The molecule has 0 unspecified atom stereocenters. The van der Waals surface area contributed by atoms with E-state index < -0.39 is 0 Å². The summed E-state index contributed by atoms with van der Waals surface area (Å²) >= 11 is 1.55. The molecule has 8 nitrogen and oxygen atoms in total. The van der Waals surface area contributed by atoms with Gasteiger partial charge in [-0.3, -0.25) is 4.98 Å². The van der Waals surface area contributed by atoms with Crippen molar-refractivity contribution in [2.75, 3.05) is 18.4 Å². The highest BCUT2D eigenvalue weighted by molar-refractivity contribution is 7.18. The van der Waals surface area contributed by atoms with Crippen LogP contribution in [-0.2, 0) is 13.0 Å². The lowest BCUT2D eigenvalue weighted by Crippen LogP contribution is -2.23. The van der Waals surface area contributed by atoms with Gasteiger partial charge in [-0.05, 0) is 36.8 Å². The Hall–Kier alpha value is -3.50. The fraction of sp³-hybridized carbons (Fsp3) is 0.292. The number of thiazole rings is 1. The highest BCUT2D eigenvalue weighted by Crippen LogP contribution is 2.25. The molecule has 1 aromatic carbocycles. The van der Waals surface area contributed by atoms with Crippen molar-refractivity contribution in [2.45, 2.75) is 32.7 Å². The lowest BCUT2D eigenvalue weighted by molar-refractivity contribution is 0.597. The normalized spacial score (nSPS) is 12.4. The minimum Gasteiger partial charge on any atom is -0.362 e. The van der Waals surface area contributed by atoms with Crippen LogP contribution < -0.4 is 10.6 Å². The molecule has 3 N–H and O–H groups in total. The van der Waals surface area contributed by atoms with E-state index >= 15 is 0 Å². The van der Waals surface area contributed by atoms with Crippen LogP contribution in [-0.4, -0.2) is 43.0 Å². The summed E-state index contributed by atoms with van der Waals surface area (Å²) in [5.41, 5.74) is 4.33. The number of nitrogens with zero attached hydrogens (tertiary/aromatic N) is 5. The van der Waals surface area contributed by atoms with Gasteiger partial charge < -0.3 is 15.6 Å². The highest BCUT2D eigenvalue weighted by atomic mass is 32.1. The van der Waals surface area contributed by atoms with E-state index in [0.717, 1.165) is 46.2 Å². The molecule has 0 bridgehead atoms. The second kappa shape index (κ2) is 9.78. The summed E-state index contributed by atoms with van der Waals surface area (Å²) in [5.74, 6) is 1.48. The lowest BCUT2D eigenvalue weighted by Gasteiger charge is -2.09. The number of aromatic nitrogens is 6. The van der Waals surface area contributed by atoms with Gasteiger partial charge in [0.15, 0.2) is 5.82 Å². The quantitative estimate of drug-likeness (QED) is 0.272. The lowest BCUT2D eigenvalue weighted by atomic mass is 10.1. The molecule has 4 heterocycles. The van der Waals surface area contributed by atoms with E-state index in [2.05, 4.69) is 62.6 Å². The number of pyridine rings is 1. The fourth-order valence-electron chi connectivity index (χ4n) is 3.74. The molecule has 0 spiro atoms. The maximum absolute atomic E-state index is 13.9. The molecule has 0 saturated carbocycles.